The number of Topliss-reactive ketones (excluding diaryl/α,β-unsaturated/α-hetero) is 1. The number of carbonyl (C=O) groups is 3. The Labute approximate surface area is 209 Å². The van der Waals surface area contributed by atoms with Crippen molar-refractivity contribution in [2.24, 2.45) is 0 Å². The number of aryl methyl sites for hydroxylation is 2. The average molecular weight is 486 g/mol. The van der Waals surface area contributed by atoms with Gasteiger partial charge in [-0.15, -0.1) is 0 Å². The smallest absolute Gasteiger partial charge is 0.308 e. The molecule has 1 saturated heterocycles. The summed E-state index contributed by atoms with van der Waals surface area (Å²) in [5.74, 6) is -1.42. The maximum atomic E-state index is 13.4. The quantitative estimate of drug-likeness (QED) is 0.168. The van der Waals surface area contributed by atoms with Crippen LogP contribution in [0.4, 0.5) is 5.69 Å². The Morgan fingerprint density at radius 1 is 0.944 bits per heavy atom. The molecule has 1 heterocycles. The van der Waals surface area contributed by atoms with Crippen LogP contribution in [0.5, 0.6) is 11.5 Å². The molecule has 0 spiro atoms. The summed E-state index contributed by atoms with van der Waals surface area (Å²) in [5.41, 5.74) is 3.45. The molecule has 0 bridgehead atoms. The van der Waals surface area contributed by atoms with E-state index in [0.717, 1.165) is 11.1 Å². The van der Waals surface area contributed by atoms with Gasteiger partial charge in [-0.2, -0.15) is 0 Å². The number of aliphatic hydroxyl groups is 1. The maximum Gasteiger partial charge on any atom is 0.308 e. The minimum absolute atomic E-state index is 0.0351. The third kappa shape index (κ3) is 4.73. The third-order valence-corrected chi connectivity index (χ3v) is 6.09. The van der Waals surface area contributed by atoms with Crippen molar-refractivity contribution in [1.29, 1.82) is 0 Å². The monoisotopic (exact) mass is 485 g/mol. The Balaban J connectivity index is 1.90. The fourth-order valence-electron chi connectivity index (χ4n) is 4.23. The zero-order chi connectivity index (χ0) is 26.0. The molecule has 7 nitrogen and oxygen atoms in total. The van der Waals surface area contributed by atoms with Crippen molar-refractivity contribution in [2.45, 2.75) is 33.7 Å². The average Bonchev–Trinajstić information content (AvgIpc) is 3.11. The summed E-state index contributed by atoms with van der Waals surface area (Å²) in [7, 11) is 0. The summed E-state index contributed by atoms with van der Waals surface area (Å²) in [6.07, 6.45) is 0. The minimum Gasteiger partial charge on any atom is -0.507 e. The van der Waals surface area contributed by atoms with Gasteiger partial charge < -0.3 is 14.6 Å². The number of carbonyl (C=O) groups excluding carboxylic acids is 3. The highest BCUT2D eigenvalue weighted by molar-refractivity contribution is 6.51. The normalized spacial score (nSPS) is 16.8. The highest BCUT2D eigenvalue weighted by Crippen LogP contribution is 2.43. The lowest BCUT2D eigenvalue weighted by atomic mass is 9.95. The molecule has 1 aliphatic rings. The number of ketones is 1. The summed E-state index contributed by atoms with van der Waals surface area (Å²) >= 11 is 0. The van der Waals surface area contributed by atoms with Crippen LogP contribution in [0, 0.1) is 13.8 Å². The second-order valence-corrected chi connectivity index (χ2v) is 8.56. The third-order valence-electron chi connectivity index (χ3n) is 6.09. The summed E-state index contributed by atoms with van der Waals surface area (Å²) in [6, 6.07) is 17.9. The predicted octanol–water partition coefficient (Wildman–Crippen LogP) is 5.25. The van der Waals surface area contributed by atoms with Crippen LogP contribution in [0.2, 0.25) is 0 Å². The zero-order valence-corrected chi connectivity index (χ0v) is 20.6. The van der Waals surface area contributed by atoms with E-state index in [2.05, 4.69) is 0 Å². The molecule has 1 fully saturated rings. The molecule has 0 saturated carbocycles. The minimum atomic E-state index is -0.894. The van der Waals surface area contributed by atoms with Gasteiger partial charge in [-0.1, -0.05) is 30.3 Å². The van der Waals surface area contributed by atoms with Gasteiger partial charge in [0.2, 0.25) is 0 Å². The molecule has 1 atom stereocenters. The molecule has 0 aromatic heterocycles. The lowest BCUT2D eigenvalue weighted by molar-refractivity contribution is -0.132. The Kier molecular flexibility index (Phi) is 6.92. The molecular weight excluding hydrogens is 458 g/mol. The molecule has 3 aromatic carbocycles. The van der Waals surface area contributed by atoms with Crippen LogP contribution in [0.15, 0.2) is 72.3 Å². The fraction of sp³-hybridized carbons (Fsp3) is 0.207. The Bertz CT molecular complexity index is 1370. The number of hydrogen-bond donors (Lipinski definition) is 1. The number of ether oxygens (including phenoxy) is 2. The van der Waals surface area contributed by atoms with E-state index in [1.165, 1.54) is 11.8 Å². The van der Waals surface area contributed by atoms with E-state index in [0.29, 0.717) is 34.9 Å². The van der Waals surface area contributed by atoms with Gasteiger partial charge in [0.25, 0.3) is 11.7 Å². The van der Waals surface area contributed by atoms with E-state index < -0.39 is 23.7 Å². The first-order valence-corrected chi connectivity index (χ1v) is 11.6. The highest BCUT2D eigenvalue weighted by atomic mass is 16.5. The van der Waals surface area contributed by atoms with E-state index in [9.17, 15) is 19.5 Å². The molecule has 0 radical (unpaired) electrons. The lowest BCUT2D eigenvalue weighted by Gasteiger charge is -2.26. The van der Waals surface area contributed by atoms with Crippen LogP contribution in [0.1, 0.15) is 42.1 Å². The Morgan fingerprint density at radius 2 is 1.67 bits per heavy atom. The number of nitrogens with zero attached hydrogens (tertiary/aromatic N) is 1. The first kappa shape index (κ1) is 24.7. The number of amides is 1. The first-order valence-electron chi connectivity index (χ1n) is 11.6. The van der Waals surface area contributed by atoms with Gasteiger partial charge in [-0.05, 0) is 73.9 Å². The van der Waals surface area contributed by atoms with Crippen molar-refractivity contribution in [1.82, 2.24) is 0 Å². The number of aliphatic hydroxyl groups excluding tert-OH is 1. The summed E-state index contributed by atoms with van der Waals surface area (Å²) < 4.78 is 10.7. The van der Waals surface area contributed by atoms with Crippen LogP contribution in [0.25, 0.3) is 5.76 Å². The molecule has 7 heteroatoms. The molecule has 1 aliphatic heterocycles. The lowest BCUT2D eigenvalue weighted by Crippen LogP contribution is -2.29. The number of benzene rings is 3. The van der Waals surface area contributed by atoms with E-state index in [1.54, 1.807) is 54.6 Å². The zero-order valence-electron chi connectivity index (χ0n) is 20.6. The number of esters is 1. The van der Waals surface area contributed by atoms with Gasteiger partial charge in [-0.25, -0.2) is 0 Å². The molecule has 0 aliphatic carbocycles. The van der Waals surface area contributed by atoms with Gasteiger partial charge in [0.15, 0.2) is 0 Å². The van der Waals surface area contributed by atoms with Crippen molar-refractivity contribution in [3.8, 4) is 11.5 Å². The van der Waals surface area contributed by atoms with Crippen LogP contribution in [-0.4, -0.2) is 29.4 Å². The van der Waals surface area contributed by atoms with E-state index >= 15 is 0 Å². The number of rotatable bonds is 6. The molecule has 4 rings (SSSR count). The molecular formula is C29H27NO6. The van der Waals surface area contributed by atoms with Gasteiger partial charge in [-0.3, -0.25) is 19.3 Å². The predicted molar refractivity (Wildman–Crippen MR) is 136 cm³/mol. The Hall–Kier alpha value is -4.39. The van der Waals surface area contributed by atoms with Crippen LogP contribution in [0.3, 0.4) is 0 Å². The van der Waals surface area contributed by atoms with Crippen molar-refractivity contribution >= 4 is 29.1 Å². The van der Waals surface area contributed by atoms with Gasteiger partial charge in [0.05, 0.1) is 18.2 Å². The van der Waals surface area contributed by atoms with Crippen LogP contribution in [-0.2, 0) is 14.4 Å². The van der Waals surface area contributed by atoms with Gasteiger partial charge >= 0.3 is 5.97 Å². The molecule has 36 heavy (non-hydrogen) atoms. The highest BCUT2D eigenvalue weighted by Gasteiger charge is 2.47. The number of anilines is 1. The summed E-state index contributed by atoms with van der Waals surface area (Å²) in [5, 5.41) is 11.3. The molecule has 1 amide bonds. The summed E-state index contributed by atoms with van der Waals surface area (Å²) in [4.78, 5) is 39.4. The SMILES string of the molecule is CCOc1cccc(/C(O)=C2\C(=O)C(=O)N(c3ccc(C)c(C)c3)C2c2ccc(OC(C)=O)cc2)c1. The van der Waals surface area contributed by atoms with Crippen LogP contribution < -0.4 is 14.4 Å². The van der Waals surface area contributed by atoms with Crippen molar-refractivity contribution in [3.05, 3.63) is 94.6 Å². The van der Waals surface area contributed by atoms with E-state index in [1.807, 2.05) is 32.9 Å². The van der Waals surface area contributed by atoms with Crippen molar-refractivity contribution in [3.63, 3.8) is 0 Å². The van der Waals surface area contributed by atoms with Crippen LogP contribution >= 0.6 is 0 Å². The molecule has 1 unspecified atom stereocenters. The molecule has 184 valence electrons. The van der Waals surface area contributed by atoms with Gasteiger partial charge in [0, 0.05) is 18.2 Å². The topological polar surface area (TPSA) is 93.1 Å². The largest absolute Gasteiger partial charge is 0.507 e. The van der Waals surface area contributed by atoms with E-state index in [-0.39, 0.29) is 11.3 Å². The summed E-state index contributed by atoms with van der Waals surface area (Å²) in [6.45, 7) is 7.48. The standard InChI is InChI=1S/C29H27NO6/c1-5-35-24-8-6-7-21(16-24)27(32)25-26(20-10-13-23(14-11-20)36-19(4)31)30(29(34)28(25)33)22-12-9-17(2)18(3)15-22/h6-16,26,32H,5H2,1-4H3/b27-25+. The number of hydrogen-bond acceptors (Lipinski definition) is 6. The molecule has 3 aromatic rings. The van der Waals surface area contributed by atoms with Crippen molar-refractivity contribution < 1.29 is 29.0 Å². The fourth-order valence-corrected chi connectivity index (χ4v) is 4.23. The first-order chi connectivity index (χ1) is 17.2. The maximum absolute atomic E-state index is 13.4. The van der Waals surface area contributed by atoms with Gasteiger partial charge in [0.1, 0.15) is 17.3 Å². The van der Waals surface area contributed by atoms with Crippen molar-refractivity contribution in [2.75, 3.05) is 11.5 Å². The second kappa shape index (κ2) is 10.1. The Morgan fingerprint density at radius 3 is 2.31 bits per heavy atom. The molecule has 1 N–H and O–H groups in total. The second-order valence-electron chi connectivity index (χ2n) is 8.56. The van der Waals surface area contributed by atoms with E-state index in [4.69, 9.17) is 9.47 Å².